The minimum Gasteiger partial charge on any atom is -0.203 e. The molecule has 308 valence electrons. The Morgan fingerprint density at radius 1 is 0.271 bits per heavy atom. The average Bonchev–Trinajstić information content (AvgIpc) is 3.21. The molecule has 6 aromatic rings. The first-order valence-electron chi connectivity index (χ1n) is 15.5. The zero-order valence-corrected chi connectivity index (χ0v) is 29.1. The fourth-order valence-electron chi connectivity index (χ4n) is 6.11. The fourth-order valence-corrected chi connectivity index (χ4v) is 7.27. The number of hydrogen-bond donors (Lipinski definition) is 0. The number of benzene rings is 6. The lowest BCUT2D eigenvalue weighted by Crippen LogP contribution is -2.14. The molecule has 21 heteroatoms. The van der Waals surface area contributed by atoms with Crippen molar-refractivity contribution in [3.8, 4) is 44.5 Å². The first kappa shape index (κ1) is 42.9. The molecule has 0 atom stereocenters. The van der Waals surface area contributed by atoms with Gasteiger partial charge in [-0.1, -0.05) is 30.0 Å². The van der Waals surface area contributed by atoms with Crippen molar-refractivity contribution in [2.45, 2.75) is 23.6 Å². The Morgan fingerprint density at radius 3 is 0.814 bits per heavy atom. The summed E-state index contributed by atoms with van der Waals surface area (Å²) in [6, 6.07) is 4.70. The molecule has 0 nitrogen and oxygen atoms in total. The van der Waals surface area contributed by atoms with Crippen LogP contribution in [0.1, 0.15) is 11.1 Å². The van der Waals surface area contributed by atoms with Gasteiger partial charge >= 0.3 is 0 Å². The molecule has 0 aliphatic rings. The highest BCUT2D eigenvalue weighted by atomic mass is 32.2. The standard InChI is InChI=1S/C38H10F20S/c1-7-5-3-4-6-9(7)59-38-8(2)10(14-18(39)26(47)34(55)27(48)19(14)40)11(15-20(41)28(49)35(56)29(50)21(15)42)12(16-22(43)30(51)36(57)31(52)23(16)44)13(38)17-24(45)32(53)37(58)33(54)25(17)46/h3-6H,1-2H3. The molecule has 0 aromatic heterocycles. The van der Waals surface area contributed by atoms with Crippen molar-refractivity contribution in [1.82, 2.24) is 0 Å². The summed E-state index contributed by atoms with van der Waals surface area (Å²) in [5, 5.41) is 0. The predicted molar refractivity (Wildman–Crippen MR) is 167 cm³/mol. The van der Waals surface area contributed by atoms with E-state index in [1.165, 1.54) is 19.1 Å². The Labute approximate surface area is 319 Å². The number of aryl methyl sites for hydroxylation is 1. The van der Waals surface area contributed by atoms with Crippen LogP contribution in [-0.4, -0.2) is 0 Å². The molecule has 0 N–H and O–H groups in total. The fraction of sp³-hybridized carbons (Fsp3) is 0.0526. The van der Waals surface area contributed by atoms with Gasteiger partial charge in [-0.2, -0.15) is 0 Å². The van der Waals surface area contributed by atoms with Gasteiger partial charge in [-0.15, -0.1) is 0 Å². The lowest BCUT2D eigenvalue weighted by Gasteiger charge is -2.28. The van der Waals surface area contributed by atoms with Crippen LogP contribution in [0, 0.1) is 130 Å². The number of halogens is 20. The summed E-state index contributed by atoms with van der Waals surface area (Å²) >= 11 is -0.0997. The van der Waals surface area contributed by atoms with E-state index in [9.17, 15) is 26.3 Å². The van der Waals surface area contributed by atoms with Crippen LogP contribution in [0.25, 0.3) is 44.5 Å². The van der Waals surface area contributed by atoms with E-state index >= 15 is 61.5 Å². The van der Waals surface area contributed by atoms with Crippen LogP contribution in [-0.2, 0) is 0 Å². The molecule has 0 fully saturated rings. The van der Waals surface area contributed by atoms with Crippen LogP contribution in [0.3, 0.4) is 0 Å². The first-order chi connectivity index (χ1) is 27.5. The van der Waals surface area contributed by atoms with Gasteiger partial charge in [0.05, 0.1) is 22.3 Å². The average molecular weight is 879 g/mol. The SMILES string of the molecule is Cc1ccccc1Sc1c(C)c(-c2c(F)c(F)c(F)c(F)c2F)c(-c2c(F)c(F)c(F)c(F)c2F)c(-c2c(F)c(F)c(F)c(F)c2F)c1-c1c(F)c(F)c(F)c(F)c1F. The topological polar surface area (TPSA) is 0 Å². The van der Waals surface area contributed by atoms with Gasteiger partial charge in [-0.05, 0) is 31.0 Å². The summed E-state index contributed by atoms with van der Waals surface area (Å²) in [6.07, 6.45) is 0. The van der Waals surface area contributed by atoms with Gasteiger partial charge in [0.2, 0.25) is 23.3 Å². The second-order valence-electron chi connectivity index (χ2n) is 12.1. The quantitative estimate of drug-likeness (QED) is 0.0913. The van der Waals surface area contributed by atoms with E-state index < -0.39 is 171 Å². The largest absolute Gasteiger partial charge is 0.203 e. The molecular weight excluding hydrogens is 868 g/mol. The minimum atomic E-state index is -3.18. The summed E-state index contributed by atoms with van der Waals surface area (Å²) < 4.78 is 306. The zero-order chi connectivity index (χ0) is 44.0. The summed E-state index contributed by atoms with van der Waals surface area (Å²) in [5.74, 6) is -61.6. The third-order valence-corrected chi connectivity index (χ3v) is 10.2. The minimum absolute atomic E-state index is 0.0136. The second kappa shape index (κ2) is 15.1. The van der Waals surface area contributed by atoms with Crippen molar-refractivity contribution in [2.75, 3.05) is 0 Å². The van der Waals surface area contributed by atoms with Crippen molar-refractivity contribution in [3.63, 3.8) is 0 Å². The van der Waals surface area contributed by atoms with Gasteiger partial charge in [0.1, 0.15) is 0 Å². The molecular formula is C38H10F20S. The molecule has 6 rings (SSSR count). The van der Waals surface area contributed by atoms with Crippen molar-refractivity contribution in [2.24, 2.45) is 0 Å². The Kier molecular flexibility index (Phi) is 11.0. The maximum Gasteiger partial charge on any atom is 0.200 e. The predicted octanol–water partition coefficient (Wildman–Crippen LogP) is 13.9. The molecule has 59 heavy (non-hydrogen) atoms. The molecule has 0 saturated heterocycles. The lowest BCUT2D eigenvalue weighted by atomic mass is 9.79. The van der Waals surface area contributed by atoms with Gasteiger partial charge in [0, 0.05) is 32.0 Å². The van der Waals surface area contributed by atoms with E-state index in [4.69, 9.17) is 0 Å². The monoisotopic (exact) mass is 878 g/mol. The Balaban J connectivity index is 2.16. The van der Waals surface area contributed by atoms with Gasteiger partial charge in [0.25, 0.3) is 0 Å². The van der Waals surface area contributed by atoms with Crippen LogP contribution in [0.4, 0.5) is 87.8 Å². The maximum atomic E-state index is 16.1. The van der Waals surface area contributed by atoms with Gasteiger partial charge in [0.15, 0.2) is 93.1 Å². The Morgan fingerprint density at radius 2 is 0.508 bits per heavy atom. The summed E-state index contributed by atoms with van der Waals surface area (Å²) in [5.41, 5.74) is -21.3. The smallest absolute Gasteiger partial charge is 0.200 e. The molecule has 0 heterocycles. The molecule has 0 unspecified atom stereocenters. The highest BCUT2D eigenvalue weighted by Crippen LogP contribution is 2.57. The van der Waals surface area contributed by atoms with Gasteiger partial charge < -0.3 is 0 Å². The maximum absolute atomic E-state index is 16.1. The molecule has 0 bridgehead atoms. The van der Waals surface area contributed by atoms with Crippen LogP contribution < -0.4 is 0 Å². The van der Waals surface area contributed by atoms with Crippen LogP contribution in [0.2, 0.25) is 0 Å². The highest BCUT2D eigenvalue weighted by Gasteiger charge is 2.42. The van der Waals surface area contributed by atoms with Crippen molar-refractivity contribution in [3.05, 3.63) is 152 Å². The molecule has 0 saturated carbocycles. The van der Waals surface area contributed by atoms with Crippen LogP contribution in [0.5, 0.6) is 0 Å². The molecule has 0 aliphatic heterocycles. The number of hydrogen-bond acceptors (Lipinski definition) is 1. The van der Waals surface area contributed by atoms with E-state index in [0.29, 0.717) is 6.92 Å². The Hall–Kier alpha value is -5.73. The number of rotatable bonds is 6. The van der Waals surface area contributed by atoms with Gasteiger partial charge in [-0.25, -0.2) is 87.8 Å². The zero-order valence-electron chi connectivity index (χ0n) is 28.3. The normalized spacial score (nSPS) is 11.6. The molecule has 0 radical (unpaired) electrons. The molecule has 0 aliphatic carbocycles. The van der Waals surface area contributed by atoms with E-state index in [2.05, 4.69) is 0 Å². The third-order valence-electron chi connectivity index (χ3n) is 8.84. The van der Waals surface area contributed by atoms with Crippen molar-refractivity contribution in [1.29, 1.82) is 0 Å². The third kappa shape index (κ3) is 6.26. The van der Waals surface area contributed by atoms with E-state index in [1.807, 2.05) is 0 Å². The van der Waals surface area contributed by atoms with Gasteiger partial charge in [-0.3, -0.25) is 0 Å². The summed E-state index contributed by atoms with van der Waals surface area (Å²) in [7, 11) is 0. The van der Waals surface area contributed by atoms with Crippen molar-refractivity contribution < 1.29 is 87.8 Å². The molecule has 6 aromatic carbocycles. The first-order valence-corrected chi connectivity index (χ1v) is 16.3. The second-order valence-corrected chi connectivity index (χ2v) is 13.2. The Bertz CT molecular complexity index is 2720. The summed E-state index contributed by atoms with van der Waals surface area (Å²) in [4.78, 5) is -1.73. The summed E-state index contributed by atoms with van der Waals surface area (Å²) in [6.45, 7) is 1.59. The molecule has 0 amide bonds. The van der Waals surface area contributed by atoms with E-state index in [-0.39, 0.29) is 22.2 Å². The van der Waals surface area contributed by atoms with Crippen molar-refractivity contribution >= 4 is 11.8 Å². The van der Waals surface area contributed by atoms with E-state index in [1.54, 1.807) is 0 Å². The lowest BCUT2D eigenvalue weighted by molar-refractivity contribution is 0.379. The van der Waals surface area contributed by atoms with Crippen LogP contribution in [0.15, 0.2) is 34.1 Å². The van der Waals surface area contributed by atoms with E-state index in [0.717, 1.165) is 12.1 Å². The highest BCUT2D eigenvalue weighted by molar-refractivity contribution is 7.99. The molecule has 0 spiro atoms. The van der Waals surface area contributed by atoms with Crippen LogP contribution >= 0.6 is 11.8 Å².